The van der Waals surface area contributed by atoms with Crippen LogP contribution in [0, 0.1) is 6.92 Å². The number of benzene rings is 1. The van der Waals surface area contributed by atoms with Gasteiger partial charge in [-0.1, -0.05) is 23.9 Å². The minimum Gasteiger partial charge on any atom is -0.308 e. The van der Waals surface area contributed by atoms with Crippen LogP contribution in [-0.2, 0) is 5.75 Å². The van der Waals surface area contributed by atoms with Crippen molar-refractivity contribution in [2.75, 3.05) is 5.43 Å². The van der Waals surface area contributed by atoms with Gasteiger partial charge in [0.1, 0.15) is 11.6 Å². The Kier molecular flexibility index (Phi) is 3.81. The number of nitrogens with zero attached hydrogens (tertiary/aromatic N) is 3. The van der Waals surface area contributed by atoms with Crippen molar-refractivity contribution in [1.29, 1.82) is 0 Å². The van der Waals surface area contributed by atoms with Crippen molar-refractivity contribution < 1.29 is 0 Å². The summed E-state index contributed by atoms with van der Waals surface area (Å²) in [7, 11) is 0. The lowest BCUT2D eigenvalue weighted by atomic mass is 10.3. The van der Waals surface area contributed by atoms with Gasteiger partial charge in [0, 0.05) is 11.8 Å². The van der Waals surface area contributed by atoms with E-state index in [0.717, 1.165) is 21.4 Å². The van der Waals surface area contributed by atoms with Crippen molar-refractivity contribution in [1.82, 2.24) is 15.0 Å². The van der Waals surface area contributed by atoms with Gasteiger partial charge in [-0.25, -0.2) is 20.8 Å². The molecule has 0 aliphatic rings. The SMILES string of the molecule is Cc1cc(NN)nc(CSc2nc3ccccc3s2)n1. The number of fused-ring (bicyclic) bond motifs is 1. The Balaban J connectivity index is 1.77. The molecule has 3 rings (SSSR count). The van der Waals surface area contributed by atoms with Crippen LogP contribution in [-0.4, -0.2) is 15.0 Å². The lowest BCUT2D eigenvalue weighted by Gasteiger charge is -2.03. The highest BCUT2D eigenvalue weighted by Gasteiger charge is 2.07. The predicted molar refractivity (Wildman–Crippen MR) is 83.8 cm³/mol. The van der Waals surface area contributed by atoms with Gasteiger partial charge in [0.05, 0.1) is 16.0 Å². The van der Waals surface area contributed by atoms with E-state index in [-0.39, 0.29) is 0 Å². The molecular weight excluding hydrogens is 290 g/mol. The van der Waals surface area contributed by atoms with Crippen molar-refractivity contribution in [2.45, 2.75) is 17.0 Å². The van der Waals surface area contributed by atoms with E-state index in [9.17, 15) is 0 Å². The molecular formula is C13H13N5S2. The number of aryl methyl sites for hydroxylation is 1. The van der Waals surface area contributed by atoms with Gasteiger partial charge < -0.3 is 5.43 Å². The summed E-state index contributed by atoms with van der Waals surface area (Å²) in [4.78, 5) is 13.3. The first-order chi connectivity index (χ1) is 9.74. The number of para-hydroxylation sites is 1. The zero-order valence-corrected chi connectivity index (χ0v) is 12.5. The molecule has 0 saturated carbocycles. The molecule has 1 aromatic carbocycles. The van der Waals surface area contributed by atoms with Gasteiger partial charge in [-0.15, -0.1) is 11.3 Å². The first-order valence-electron chi connectivity index (χ1n) is 6.04. The largest absolute Gasteiger partial charge is 0.308 e. The molecule has 0 bridgehead atoms. The Morgan fingerprint density at radius 2 is 2.10 bits per heavy atom. The topological polar surface area (TPSA) is 76.7 Å². The van der Waals surface area contributed by atoms with Crippen LogP contribution in [0.15, 0.2) is 34.7 Å². The molecule has 0 aliphatic carbocycles. The Labute approximate surface area is 124 Å². The Hall–Kier alpha value is -1.70. The minimum atomic E-state index is 0.636. The molecule has 102 valence electrons. The molecule has 0 fully saturated rings. The van der Waals surface area contributed by atoms with E-state index in [1.54, 1.807) is 23.1 Å². The summed E-state index contributed by atoms with van der Waals surface area (Å²) < 4.78 is 2.23. The molecule has 2 heterocycles. The predicted octanol–water partition coefficient (Wildman–Crippen LogP) is 2.97. The van der Waals surface area contributed by atoms with Gasteiger partial charge in [-0.2, -0.15) is 0 Å². The first-order valence-corrected chi connectivity index (χ1v) is 7.84. The molecule has 2 aromatic heterocycles. The normalized spacial score (nSPS) is 10.9. The third-order valence-corrected chi connectivity index (χ3v) is 4.82. The zero-order chi connectivity index (χ0) is 13.9. The maximum absolute atomic E-state index is 5.39. The molecule has 5 nitrogen and oxygen atoms in total. The van der Waals surface area contributed by atoms with Gasteiger partial charge in [-0.3, -0.25) is 0 Å². The van der Waals surface area contributed by atoms with Crippen LogP contribution in [0.1, 0.15) is 11.5 Å². The number of aromatic nitrogens is 3. The second-order valence-electron chi connectivity index (χ2n) is 4.19. The third-order valence-electron chi connectivity index (χ3n) is 2.65. The van der Waals surface area contributed by atoms with Crippen molar-refractivity contribution in [3.63, 3.8) is 0 Å². The van der Waals surface area contributed by atoms with Gasteiger partial charge in [0.25, 0.3) is 0 Å². The van der Waals surface area contributed by atoms with E-state index in [4.69, 9.17) is 5.84 Å². The number of nitrogens with two attached hydrogens (primary N) is 1. The number of thioether (sulfide) groups is 1. The fraction of sp³-hybridized carbons (Fsp3) is 0.154. The van der Waals surface area contributed by atoms with Crippen LogP contribution in [0.4, 0.5) is 5.82 Å². The summed E-state index contributed by atoms with van der Waals surface area (Å²) in [5.41, 5.74) is 4.49. The standard InChI is InChI=1S/C13H13N5S2/c1-8-6-11(18-14)17-12(15-8)7-19-13-16-9-4-2-3-5-10(9)20-13/h2-6H,7,14H2,1H3,(H,15,17,18). The highest BCUT2D eigenvalue weighted by Crippen LogP contribution is 2.30. The number of thiazole rings is 1. The summed E-state index contributed by atoms with van der Waals surface area (Å²) in [5.74, 6) is 7.45. The molecule has 20 heavy (non-hydrogen) atoms. The van der Waals surface area contributed by atoms with Gasteiger partial charge in [-0.05, 0) is 19.1 Å². The van der Waals surface area contributed by atoms with Crippen LogP contribution in [0.3, 0.4) is 0 Å². The molecule has 0 radical (unpaired) electrons. The molecule has 0 amide bonds. The van der Waals surface area contributed by atoms with E-state index in [2.05, 4.69) is 26.4 Å². The summed E-state index contributed by atoms with van der Waals surface area (Å²) in [6, 6.07) is 9.94. The summed E-state index contributed by atoms with van der Waals surface area (Å²) in [6.07, 6.45) is 0. The van der Waals surface area contributed by atoms with Gasteiger partial charge in [0.15, 0.2) is 4.34 Å². The van der Waals surface area contributed by atoms with Crippen LogP contribution < -0.4 is 11.3 Å². The first kappa shape index (κ1) is 13.3. The summed E-state index contributed by atoms with van der Waals surface area (Å²) in [6.45, 7) is 1.92. The Morgan fingerprint density at radius 1 is 1.25 bits per heavy atom. The van der Waals surface area contributed by atoms with Crippen molar-refractivity contribution in [3.05, 3.63) is 41.9 Å². The van der Waals surface area contributed by atoms with Crippen LogP contribution >= 0.6 is 23.1 Å². The molecule has 0 aliphatic heterocycles. The van der Waals surface area contributed by atoms with Crippen LogP contribution in [0.5, 0.6) is 0 Å². The van der Waals surface area contributed by atoms with E-state index in [1.165, 1.54) is 4.70 Å². The van der Waals surface area contributed by atoms with E-state index in [1.807, 2.05) is 31.2 Å². The van der Waals surface area contributed by atoms with E-state index in [0.29, 0.717) is 11.6 Å². The maximum atomic E-state index is 5.39. The lowest BCUT2D eigenvalue weighted by molar-refractivity contribution is 0.990. The van der Waals surface area contributed by atoms with Gasteiger partial charge >= 0.3 is 0 Å². The number of nitrogens with one attached hydrogen (secondary N) is 1. The number of hydrogen-bond acceptors (Lipinski definition) is 7. The second kappa shape index (κ2) is 5.74. The highest BCUT2D eigenvalue weighted by atomic mass is 32.2. The third kappa shape index (κ3) is 2.90. The second-order valence-corrected chi connectivity index (χ2v) is 6.44. The quantitative estimate of drug-likeness (QED) is 0.438. The molecule has 3 N–H and O–H groups in total. The van der Waals surface area contributed by atoms with Crippen molar-refractivity contribution >= 4 is 39.1 Å². The molecule has 0 saturated heterocycles. The molecule has 7 heteroatoms. The number of hydrazine groups is 1. The fourth-order valence-corrected chi connectivity index (χ4v) is 3.73. The molecule has 0 spiro atoms. The average molecular weight is 303 g/mol. The van der Waals surface area contributed by atoms with E-state index >= 15 is 0 Å². The molecule has 0 unspecified atom stereocenters. The van der Waals surface area contributed by atoms with Crippen molar-refractivity contribution in [3.8, 4) is 0 Å². The fourth-order valence-electron chi connectivity index (χ4n) is 1.81. The molecule has 3 aromatic rings. The number of rotatable bonds is 4. The minimum absolute atomic E-state index is 0.636. The van der Waals surface area contributed by atoms with Gasteiger partial charge in [0.2, 0.25) is 0 Å². The van der Waals surface area contributed by atoms with Crippen LogP contribution in [0.25, 0.3) is 10.2 Å². The number of anilines is 1. The average Bonchev–Trinajstić information content (AvgIpc) is 2.87. The Morgan fingerprint density at radius 3 is 2.90 bits per heavy atom. The smallest absolute Gasteiger partial charge is 0.151 e. The van der Waals surface area contributed by atoms with Crippen LogP contribution in [0.2, 0.25) is 0 Å². The summed E-state index contributed by atoms with van der Waals surface area (Å²) in [5, 5.41) is 0. The Bertz CT molecular complexity index is 707. The zero-order valence-electron chi connectivity index (χ0n) is 10.8. The number of hydrogen-bond donors (Lipinski definition) is 2. The summed E-state index contributed by atoms with van der Waals surface area (Å²) >= 11 is 3.33. The monoisotopic (exact) mass is 303 g/mol. The molecule has 0 atom stereocenters. The highest BCUT2D eigenvalue weighted by molar-refractivity contribution is 8.00. The van der Waals surface area contributed by atoms with Crippen molar-refractivity contribution in [2.24, 2.45) is 5.84 Å². The lowest BCUT2D eigenvalue weighted by Crippen LogP contribution is -2.10. The van der Waals surface area contributed by atoms with E-state index < -0.39 is 0 Å². The maximum Gasteiger partial charge on any atom is 0.151 e. The number of nitrogen functional groups attached to an aromatic ring is 1.